The molecule has 0 aliphatic rings. The van der Waals surface area contributed by atoms with Crippen LogP contribution in [0.5, 0.6) is 5.75 Å². The first-order valence-corrected chi connectivity index (χ1v) is 7.57. The molecule has 0 unspecified atom stereocenters. The molecule has 1 aromatic heterocycles. The summed E-state index contributed by atoms with van der Waals surface area (Å²) in [6.07, 6.45) is 0. The quantitative estimate of drug-likeness (QED) is 0.773. The number of carbonyl (C=O) groups excluding carboxylic acids is 1. The molecule has 5 heteroatoms. The van der Waals surface area contributed by atoms with E-state index >= 15 is 0 Å². The molecule has 0 fully saturated rings. The van der Waals surface area contributed by atoms with Gasteiger partial charge in [-0.25, -0.2) is 0 Å². The highest BCUT2D eigenvalue weighted by Gasteiger charge is 2.09. The van der Waals surface area contributed by atoms with Crippen LogP contribution in [0, 0.1) is 6.92 Å². The molecule has 0 spiro atoms. The van der Waals surface area contributed by atoms with Crippen LogP contribution in [-0.4, -0.2) is 23.1 Å². The van der Waals surface area contributed by atoms with E-state index in [4.69, 9.17) is 4.74 Å². The Bertz CT molecular complexity index is 906. The number of nitrogens with one attached hydrogen (secondary N) is 1. The number of ether oxygens (including phenoxy) is 1. The Kier molecular flexibility index (Phi) is 4.44. The summed E-state index contributed by atoms with van der Waals surface area (Å²) in [7, 11) is 1.54. The van der Waals surface area contributed by atoms with E-state index in [0.29, 0.717) is 22.6 Å². The van der Waals surface area contributed by atoms with Gasteiger partial charge in [-0.15, -0.1) is 0 Å². The number of aryl methyl sites for hydroxylation is 1. The maximum atomic E-state index is 12.5. The molecule has 1 heterocycles. The fraction of sp³-hybridized carbons (Fsp3) is 0.158. The number of pyridine rings is 1. The van der Waals surface area contributed by atoms with E-state index in [1.165, 1.54) is 7.11 Å². The fourth-order valence-electron chi connectivity index (χ4n) is 2.55. The van der Waals surface area contributed by atoms with Crippen LogP contribution in [0.2, 0.25) is 0 Å². The number of carbonyl (C=O) groups is 1. The molecule has 2 N–H and O–H groups in total. The van der Waals surface area contributed by atoms with Crippen LogP contribution in [0.25, 0.3) is 10.9 Å². The second-order valence-electron chi connectivity index (χ2n) is 5.50. The molecular formula is C19H18N2O3. The van der Waals surface area contributed by atoms with Gasteiger partial charge in [0.2, 0.25) is 0 Å². The summed E-state index contributed by atoms with van der Waals surface area (Å²) in [4.78, 5) is 16.9. The van der Waals surface area contributed by atoms with Crippen LogP contribution in [0.15, 0.2) is 48.5 Å². The van der Waals surface area contributed by atoms with Crippen molar-refractivity contribution in [3.05, 3.63) is 65.4 Å². The summed E-state index contributed by atoms with van der Waals surface area (Å²) in [5.41, 5.74) is 3.57. The van der Waals surface area contributed by atoms with Gasteiger partial charge in [-0.05, 0) is 49.4 Å². The minimum Gasteiger partial charge on any atom is -0.496 e. The molecule has 0 aliphatic heterocycles. The molecule has 122 valence electrons. The van der Waals surface area contributed by atoms with Crippen molar-refractivity contribution in [2.45, 2.75) is 13.5 Å². The number of hydrogen-bond donors (Lipinski definition) is 2. The summed E-state index contributed by atoms with van der Waals surface area (Å²) < 4.78 is 5.16. The third-order valence-corrected chi connectivity index (χ3v) is 3.80. The first-order chi connectivity index (χ1) is 11.6. The number of methoxy groups -OCH3 is 1. The number of anilines is 1. The maximum Gasteiger partial charge on any atom is 0.255 e. The van der Waals surface area contributed by atoms with Gasteiger partial charge in [0, 0.05) is 27.9 Å². The fourth-order valence-corrected chi connectivity index (χ4v) is 2.55. The molecule has 0 radical (unpaired) electrons. The molecule has 5 nitrogen and oxygen atoms in total. The Morgan fingerprint density at radius 3 is 2.75 bits per heavy atom. The zero-order valence-electron chi connectivity index (χ0n) is 13.5. The van der Waals surface area contributed by atoms with E-state index in [2.05, 4.69) is 10.3 Å². The smallest absolute Gasteiger partial charge is 0.255 e. The first-order valence-electron chi connectivity index (χ1n) is 7.57. The average Bonchev–Trinajstić information content (AvgIpc) is 2.61. The van der Waals surface area contributed by atoms with Crippen molar-refractivity contribution in [1.29, 1.82) is 0 Å². The molecule has 3 rings (SSSR count). The molecule has 24 heavy (non-hydrogen) atoms. The number of rotatable bonds is 4. The van der Waals surface area contributed by atoms with E-state index in [1.807, 2.05) is 31.2 Å². The van der Waals surface area contributed by atoms with Crippen molar-refractivity contribution < 1.29 is 14.6 Å². The SMILES string of the molecule is COc1ccc(NC(=O)c2ccc3nc(C)ccc3c2)cc1CO. The van der Waals surface area contributed by atoms with Crippen molar-refractivity contribution in [3.8, 4) is 5.75 Å². The van der Waals surface area contributed by atoms with Gasteiger partial charge in [0.25, 0.3) is 5.91 Å². The monoisotopic (exact) mass is 322 g/mol. The molecule has 1 amide bonds. The van der Waals surface area contributed by atoms with E-state index in [1.54, 1.807) is 24.3 Å². The minimum atomic E-state index is -0.216. The molecule has 0 saturated heterocycles. The molecule has 0 atom stereocenters. The third-order valence-electron chi connectivity index (χ3n) is 3.80. The topological polar surface area (TPSA) is 71.5 Å². The summed E-state index contributed by atoms with van der Waals surface area (Å²) >= 11 is 0. The minimum absolute atomic E-state index is 0.159. The normalized spacial score (nSPS) is 10.6. The van der Waals surface area contributed by atoms with Gasteiger partial charge < -0.3 is 15.2 Å². The Morgan fingerprint density at radius 2 is 2.00 bits per heavy atom. The third kappa shape index (κ3) is 3.21. The van der Waals surface area contributed by atoms with Crippen LogP contribution in [0.1, 0.15) is 21.6 Å². The molecule has 3 aromatic rings. The lowest BCUT2D eigenvalue weighted by atomic mass is 10.1. The van der Waals surface area contributed by atoms with Gasteiger partial charge in [0.15, 0.2) is 0 Å². The second kappa shape index (κ2) is 6.68. The predicted molar refractivity (Wildman–Crippen MR) is 93.4 cm³/mol. The van der Waals surface area contributed by atoms with Gasteiger partial charge in [0.05, 0.1) is 19.2 Å². The number of amides is 1. The Hall–Kier alpha value is -2.92. The van der Waals surface area contributed by atoms with Crippen LogP contribution >= 0.6 is 0 Å². The predicted octanol–water partition coefficient (Wildman–Crippen LogP) is 3.30. The Morgan fingerprint density at radius 1 is 1.17 bits per heavy atom. The summed E-state index contributed by atoms with van der Waals surface area (Å²) in [6.45, 7) is 1.77. The Balaban J connectivity index is 1.85. The average molecular weight is 322 g/mol. The number of nitrogens with zero attached hydrogens (tertiary/aromatic N) is 1. The highest BCUT2D eigenvalue weighted by Crippen LogP contribution is 2.23. The zero-order valence-corrected chi connectivity index (χ0v) is 13.5. The number of fused-ring (bicyclic) bond motifs is 1. The Labute approximate surface area is 139 Å². The summed E-state index contributed by atoms with van der Waals surface area (Å²) in [5, 5.41) is 13.1. The van der Waals surface area contributed by atoms with Crippen LogP contribution in [-0.2, 0) is 6.61 Å². The number of aliphatic hydroxyl groups is 1. The highest BCUT2D eigenvalue weighted by atomic mass is 16.5. The number of aliphatic hydroxyl groups excluding tert-OH is 1. The molecule has 0 aliphatic carbocycles. The summed E-state index contributed by atoms with van der Waals surface area (Å²) in [5.74, 6) is 0.370. The first kappa shape index (κ1) is 16.0. The van der Waals surface area contributed by atoms with Crippen molar-refractivity contribution in [2.75, 3.05) is 12.4 Å². The largest absolute Gasteiger partial charge is 0.496 e. The van der Waals surface area contributed by atoms with Gasteiger partial charge in [0.1, 0.15) is 5.75 Å². The molecule has 2 aromatic carbocycles. The number of benzene rings is 2. The van der Waals surface area contributed by atoms with Gasteiger partial charge >= 0.3 is 0 Å². The molecule has 0 bridgehead atoms. The highest BCUT2D eigenvalue weighted by molar-refractivity contribution is 6.06. The van der Waals surface area contributed by atoms with Crippen molar-refractivity contribution in [1.82, 2.24) is 4.98 Å². The van der Waals surface area contributed by atoms with Crippen molar-refractivity contribution in [3.63, 3.8) is 0 Å². The maximum absolute atomic E-state index is 12.5. The molecule has 0 saturated carbocycles. The van der Waals surface area contributed by atoms with E-state index in [9.17, 15) is 9.90 Å². The summed E-state index contributed by atoms with van der Waals surface area (Å²) in [6, 6.07) is 14.4. The zero-order chi connectivity index (χ0) is 17.1. The van der Waals surface area contributed by atoms with Crippen molar-refractivity contribution in [2.24, 2.45) is 0 Å². The standard InChI is InChI=1S/C19H18N2O3/c1-12-3-4-13-9-14(5-7-17(13)20-12)19(23)21-16-6-8-18(24-2)15(10-16)11-22/h3-10,22H,11H2,1-2H3,(H,21,23). The van der Waals surface area contributed by atoms with E-state index in [-0.39, 0.29) is 12.5 Å². The lowest BCUT2D eigenvalue weighted by Gasteiger charge is -2.10. The number of hydrogen-bond acceptors (Lipinski definition) is 4. The van der Waals surface area contributed by atoms with Gasteiger partial charge in [-0.1, -0.05) is 6.07 Å². The lowest BCUT2D eigenvalue weighted by Crippen LogP contribution is -2.12. The van der Waals surface area contributed by atoms with Gasteiger partial charge in [-0.3, -0.25) is 9.78 Å². The second-order valence-corrected chi connectivity index (χ2v) is 5.50. The van der Waals surface area contributed by atoms with E-state index < -0.39 is 0 Å². The van der Waals surface area contributed by atoms with E-state index in [0.717, 1.165) is 16.6 Å². The number of aromatic nitrogens is 1. The van der Waals surface area contributed by atoms with Crippen molar-refractivity contribution >= 4 is 22.5 Å². The molecular weight excluding hydrogens is 304 g/mol. The van der Waals surface area contributed by atoms with Crippen LogP contribution in [0.3, 0.4) is 0 Å². The van der Waals surface area contributed by atoms with Crippen LogP contribution in [0.4, 0.5) is 5.69 Å². The lowest BCUT2D eigenvalue weighted by molar-refractivity contribution is 0.102. The van der Waals surface area contributed by atoms with Crippen LogP contribution < -0.4 is 10.1 Å². The van der Waals surface area contributed by atoms with Gasteiger partial charge in [-0.2, -0.15) is 0 Å².